The van der Waals surface area contributed by atoms with Crippen molar-refractivity contribution in [2.45, 2.75) is 39.3 Å². The molecule has 5 nitrogen and oxygen atoms in total. The van der Waals surface area contributed by atoms with E-state index in [1.807, 2.05) is 6.92 Å². The van der Waals surface area contributed by atoms with Crippen LogP contribution in [0.1, 0.15) is 32.0 Å². The molecule has 1 aliphatic rings. The highest BCUT2D eigenvalue weighted by Crippen LogP contribution is 2.16. The number of piperidine rings is 1. The van der Waals surface area contributed by atoms with Gasteiger partial charge in [0.15, 0.2) is 0 Å². The van der Waals surface area contributed by atoms with E-state index in [0.717, 1.165) is 44.3 Å². The van der Waals surface area contributed by atoms with Gasteiger partial charge in [-0.1, -0.05) is 13.8 Å². The van der Waals surface area contributed by atoms with E-state index in [2.05, 4.69) is 22.0 Å². The van der Waals surface area contributed by atoms with Crippen LogP contribution in [0.4, 0.5) is 0 Å². The van der Waals surface area contributed by atoms with Gasteiger partial charge in [0.05, 0.1) is 6.54 Å². The van der Waals surface area contributed by atoms with Crippen LogP contribution in [0.25, 0.3) is 0 Å². The minimum Gasteiger partial charge on any atom is -0.424 e. The molecule has 16 heavy (non-hydrogen) atoms. The summed E-state index contributed by atoms with van der Waals surface area (Å²) in [5.41, 5.74) is 5.98. The van der Waals surface area contributed by atoms with Crippen LogP contribution in [0.5, 0.6) is 0 Å². The lowest BCUT2D eigenvalue weighted by molar-refractivity contribution is 0.145. The molecule has 2 heterocycles. The molecule has 90 valence electrons. The Morgan fingerprint density at radius 2 is 2.19 bits per heavy atom. The van der Waals surface area contributed by atoms with Gasteiger partial charge in [-0.05, 0) is 12.3 Å². The molecule has 2 atom stereocenters. The van der Waals surface area contributed by atoms with E-state index in [1.54, 1.807) is 0 Å². The summed E-state index contributed by atoms with van der Waals surface area (Å²) in [7, 11) is 0. The number of nitrogens with zero attached hydrogens (tertiary/aromatic N) is 3. The van der Waals surface area contributed by atoms with Crippen LogP contribution in [-0.2, 0) is 13.0 Å². The van der Waals surface area contributed by atoms with Crippen molar-refractivity contribution in [2.24, 2.45) is 11.7 Å². The maximum atomic E-state index is 5.98. The van der Waals surface area contributed by atoms with Gasteiger partial charge in [-0.25, -0.2) is 0 Å². The fourth-order valence-electron chi connectivity index (χ4n) is 2.08. The van der Waals surface area contributed by atoms with Crippen LogP contribution < -0.4 is 5.73 Å². The first-order valence-electron chi connectivity index (χ1n) is 5.98. The van der Waals surface area contributed by atoms with Crippen molar-refractivity contribution in [3.63, 3.8) is 0 Å². The minimum absolute atomic E-state index is 0.338. The standard InChI is InChI=1S/C11H20N4O/c1-3-10-13-14-11(16-10)7-15-5-4-9(12)8(2)6-15/h8-9H,3-7,12H2,1-2H3. The van der Waals surface area contributed by atoms with Gasteiger partial charge >= 0.3 is 0 Å². The van der Waals surface area contributed by atoms with E-state index < -0.39 is 0 Å². The number of rotatable bonds is 3. The fraction of sp³-hybridized carbons (Fsp3) is 0.818. The predicted octanol–water partition coefficient (Wildman–Crippen LogP) is 0.801. The average Bonchev–Trinajstić information content (AvgIpc) is 2.71. The predicted molar refractivity (Wildman–Crippen MR) is 60.7 cm³/mol. The minimum atomic E-state index is 0.338. The monoisotopic (exact) mass is 224 g/mol. The van der Waals surface area contributed by atoms with E-state index in [-0.39, 0.29) is 0 Å². The molecule has 1 saturated heterocycles. The molecule has 0 saturated carbocycles. The Labute approximate surface area is 96.0 Å². The van der Waals surface area contributed by atoms with Crippen molar-refractivity contribution in [3.8, 4) is 0 Å². The van der Waals surface area contributed by atoms with Crippen molar-refractivity contribution in [1.29, 1.82) is 0 Å². The van der Waals surface area contributed by atoms with Crippen LogP contribution in [0.3, 0.4) is 0 Å². The number of nitrogens with two attached hydrogens (primary N) is 1. The Balaban J connectivity index is 1.90. The van der Waals surface area contributed by atoms with Crippen molar-refractivity contribution in [3.05, 3.63) is 11.8 Å². The quantitative estimate of drug-likeness (QED) is 0.822. The van der Waals surface area contributed by atoms with Gasteiger partial charge < -0.3 is 10.2 Å². The van der Waals surface area contributed by atoms with Gasteiger partial charge in [0.25, 0.3) is 0 Å². The molecule has 1 fully saturated rings. The van der Waals surface area contributed by atoms with Crippen LogP contribution in [0.15, 0.2) is 4.42 Å². The molecule has 1 aromatic rings. The summed E-state index contributed by atoms with van der Waals surface area (Å²) in [6.45, 7) is 7.01. The molecule has 2 rings (SSSR count). The number of hydrogen-bond acceptors (Lipinski definition) is 5. The zero-order valence-corrected chi connectivity index (χ0v) is 10.0. The zero-order valence-electron chi connectivity index (χ0n) is 10.0. The molecular weight excluding hydrogens is 204 g/mol. The Hall–Kier alpha value is -0.940. The van der Waals surface area contributed by atoms with Crippen LogP contribution in [0.2, 0.25) is 0 Å². The van der Waals surface area contributed by atoms with Crippen LogP contribution in [0, 0.1) is 5.92 Å². The number of aromatic nitrogens is 2. The molecule has 0 bridgehead atoms. The summed E-state index contributed by atoms with van der Waals surface area (Å²) >= 11 is 0. The van der Waals surface area contributed by atoms with Crippen molar-refractivity contribution < 1.29 is 4.42 Å². The van der Waals surface area contributed by atoms with E-state index >= 15 is 0 Å². The topological polar surface area (TPSA) is 68.2 Å². The molecule has 1 aliphatic heterocycles. The molecule has 2 N–H and O–H groups in total. The van der Waals surface area contributed by atoms with Gasteiger partial charge in [-0.15, -0.1) is 10.2 Å². The molecule has 0 aromatic carbocycles. The highest BCUT2D eigenvalue weighted by molar-refractivity contribution is 4.85. The summed E-state index contributed by atoms with van der Waals surface area (Å²) in [4.78, 5) is 2.33. The van der Waals surface area contributed by atoms with Gasteiger partial charge in [0, 0.05) is 25.6 Å². The highest BCUT2D eigenvalue weighted by atomic mass is 16.4. The molecule has 0 spiro atoms. The molecule has 0 aliphatic carbocycles. The smallest absolute Gasteiger partial charge is 0.230 e. The van der Waals surface area contributed by atoms with Crippen molar-refractivity contribution in [1.82, 2.24) is 15.1 Å². The Bertz CT molecular complexity index is 338. The second kappa shape index (κ2) is 4.93. The van der Waals surface area contributed by atoms with Gasteiger partial charge in [-0.3, -0.25) is 4.90 Å². The van der Waals surface area contributed by atoms with Crippen LogP contribution >= 0.6 is 0 Å². The Morgan fingerprint density at radius 1 is 1.44 bits per heavy atom. The number of likely N-dealkylation sites (tertiary alicyclic amines) is 1. The summed E-state index contributed by atoms with van der Waals surface area (Å²) < 4.78 is 5.50. The van der Waals surface area contributed by atoms with E-state index in [4.69, 9.17) is 10.2 Å². The molecule has 0 radical (unpaired) electrons. The highest BCUT2D eigenvalue weighted by Gasteiger charge is 2.24. The summed E-state index contributed by atoms with van der Waals surface area (Å²) in [6.07, 6.45) is 1.85. The largest absolute Gasteiger partial charge is 0.424 e. The SMILES string of the molecule is CCc1nnc(CN2CCC(N)C(C)C2)o1. The fourth-order valence-corrected chi connectivity index (χ4v) is 2.08. The zero-order chi connectivity index (χ0) is 11.5. The van der Waals surface area contributed by atoms with Gasteiger partial charge in [-0.2, -0.15) is 0 Å². The maximum Gasteiger partial charge on any atom is 0.230 e. The van der Waals surface area contributed by atoms with Crippen molar-refractivity contribution in [2.75, 3.05) is 13.1 Å². The second-order valence-electron chi connectivity index (χ2n) is 4.61. The first-order chi connectivity index (χ1) is 7.69. The third-order valence-corrected chi connectivity index (χ3v) is 3.23. The third kappa shape index (κ3) is 2.59. The van der Waals surface area contributed by atoms with E-state index in [1.165, 1.54) is 0 Å². The molecule has 5 heteroatoms. The second-order valence-corrected chi connectivity index (χ2v) is 4.61. The maximum absolute atomic E-state index is 5.98. The van der Waals surface area contributed by atoms with Crippen molar-refractivity contribution >= 4 is 0 Å². The summed E-state index contributed by atoms with van der Waals surface area (Å²) in [5, 5.41) is 8.00. The first kappa shape index (κ1) is 11.5. The summed E-state index contributed by atoms with van der Waals surface area (Å²) in [6, 6.07) is 0.338. The van der Waals surface area contributed by atoms with E-state index in [9.17, 15) is 0 Å². The normalized spacial score (nSPS) is 27.2. The molecule has 0 amide bonds. The van der Waals surface area contributed by atoms with Gasteiger partial charge in [0.2, 0.25) is 11.8 Å². The van der Waals surface area contributed by atoms with E-state index in [0.29, 0.717) is 12.0 Å². The lowest BCUT2D eigenvalue weighted by Crippen LogP contribution is -2.45. The number of hydrogen-bond donors (Lipinski definition) is 1. The van der Waals surface area contributed by atoms with Gasteiger partial charge in [0.1, 0.15) is 0 Å². The average molecular weight is 224 g/mol. The lowest BCUT2D eigenvalue weighted by atomic mass is 9.95. The molecule has 1 aromatic heterocycles. The molecule has 2 unspecified atom stereocenters. The number of aryl methyl sites for hydroxylation is 1. The lowest BCUT2D eigenvalue weighted by Gasteiger charge is -2.34. The Kier molecular flexibility index (Phi) is 3.56. The first-order valence-corrected chi connectivity index (χ1v) is 5.98. The third-order valence-electron chi connectivity index (χ3n) is 3.23. The Morgan fingerprint density at radius 3 is 2.81 bits per heavy atom. The summed E-state index contributed by atoms with van der Waals surface area (Å²) in [5.74, 6) is 1.98. The van der Waals surface area contributed by atoms with Crippen LogP contribution in [-0.4, -0.2) is 34.2 Å². The molecular formula is C11H20N4O.